The van der Waals surface area contributed by atoms with E-state index >= 15 is 0 Å². The average Bonchev–Trinajstić information content (AvgIpc) is 2.88. The van der Waals surface area contributed by atoms with E-state index in [1.165, 1.54) is 6.07 Å². The third kappa shape index (κ3) is 1.84. The highest BCUT2D eigenvalue weighted by Gasteiger charge is 2.19. The lowest BCUT2D eigenvalue weighted by Crippen LogP contribution is -2.03. The van der Waals surface area contributed by atoms with Crippen molar-refractivity contribution in [1.29, 1.82) is 0 Å². The Morgan fingerprint density at radius 3 is 2.85 bits per heavy atom. The summed E-state index contributed by atoms with van der Waals surface area (Å²) in [4.78, 5) is 3.13. The highest BCUT2D eigenvalue weighted by Crippen LogP contribution is 2.29. The fraction of sp³-hybridized carbons (Fsp3) is 0.231. The standard InChI is InChI=1S/C13H12BrFN4S/c1-3-9-10-12(18(2)17-9)19(13(20)16-10)11-7(14)5-4-6-8(11)15/h4-6H,3H2,1-2H3,(H,16,20). The Hall–Kier alpha value is -1.47. The maximum Gasteiger partial charge on any atom is 0.184 e. The minimum Gasteiger partial charge on any atom is -0.327 e. The maximum absolute atomic E-state index is 14.2. The van der Waals surface area contributed by atoms with Crippen LogP contribution in [0.5, 0.6) is 0 Å². The van der Waals surface area contributed by atoms with Gasteiger partial charge in [-0.15, -0.1) is 0 Å². The van der Waals surface area contributed by atoms with E-state index in [2.05, 4.69) is 26.0 Å². The van der Waals surface area contributed by atoms with Crippen LogP contribution in [0.15, 0.2) is 22.7 Å². The second-order valence-electron chi connectivity index (χ2n) is 4.46. The molecule has 2 aromatic heterocycles. The number of hydrogen-bond acceptors (Lipinski definition) is 2. The molecule has 0 spiro atoms. The van der Waals surface area contributed by atoms with Gasteiger partial charge in [-0.2, -0.15) is 5.10 Å². The smallest absolute Gasteiger partial charge is 0.184 e. The number of H-pyrrole nitrogens is 1. The molecule has 0 radical (unpaired) electrons. The Morgan fingerprint density at radius 1 is 1.45 bits per heavy atom. The first-order valence-electron chi connectivity index (χ1n) is 6.15. The molecule has 0 atom stereocenters. The lowest BCUT2D eigenvalue weighted by molar-refractivity contribution is 0.615. The Bertz CT molecular complexity index is 841. The molecule has 0 aliphatic heterocycles. The maximum atomic E-state index is 14.2. The van der Waals surface area contributed by atoms with Gasteiger partial charge >= 0.3 is 0 Å². The highest BCUT2D eigenvalue weighted by molar-refractivity contribution is 9.10. The predicted octanol–water partition coefficient (Wildman–Crippen LogP) is 3.89. The van der Waals surface area contributed by atoms with Crippen LogP contribution in [-0.2, 0) is 13.5 Å². The molecule has 0 fully saturated rings. The average molecular weight is 355 g/mol. The van der Waals surface area contributed by atoms with Gasteiger partial charge in [-0.3, -0.25) is 4.57 Å². The summed E-state index contributed by atoms with van der Waals surface area (Å²) >= 11 is 8.74. The zero-order valence-electron chi connectivity index (χ0n) is 10.9. The van der Waals surface area contributed by atoms with Gasteiger partial charge in [0.15, 0.2) is 10.4 Å². The first kappa shape index (κ1) is 13.5. The topological polar surface area (TPSA) is 38.5 Å². The summed E-state index contributed by atoms with van der Waals surface area (Å²) in [7, 11) is 1.83. The van der Waals surface area contributed by atoms with Gasteiger partial charge in [0, 0.05) is 11.5 Å². The first-order chi connectivity index (χ1) is 9.54. The highest BCUT2D eigenvalue weighted by atomic mass is 79.9. The van der Waals surface area contributed by atoms with Gasteiger partial charge in [0.05, 0.1) is 11.4 Å². The van der Waals surface area contributed by atoms with Gasteiger partial charge in [0.2, 0.25) is 0 Å². The third-order valence-electron chi connectivity index (χ3n) is 3.23. The lowest BCUT2D eigenvalue weighted by atomic mass is 10.3. The molecule has 104 valence electrons. The van der Waals surface area contributed by atoms with E-state index in [1.54, 1.807) is 21.4 Å². The van der Waals surface area contributed by atoms with Crippen molar-refractivity contribution in [2.24, 2.45) is 7.05 Å². The Kier molecular flexibility index (Phi) is 3.25. The van der Waals surface area contributed by atoms with Crippen LogP contribution in [0.4, 0.5) is 4.39 Å². The van der Waals surface area contributed by atoms with Crippen LogP contribution >= 0.6 is 28.1 Å². The summed E-state index contributed by atoms with van der Waals surface area (Å²) in [6.07, 6.45) is 0.783. The largest absolute Gasteiger partial charge is 0.327 e. The van der Waals surface area contributed by atoms with Crippen molar-refractivity contribution in [2.45, 2.75) is 13.3 Å². The van der Waals surface area contributed by atoms with Gasteiger partial charge in [0.25, 0.3) is 0 Å². The molecule has 0 amide bonds. The zero-order chi connectivity index (χ0) is 14.4. The van der Waals surface area contributed by atoms with E-state index in [1.807, 2.05) is 14.0 Å². The number of hydrogen-bond donors (Lipinski definition) is 1. The van der Waals surface area contributed by atoms with E-state index in [9.17, 15) is 4.39 Å². The molecule has 20 heavy (non-hydrogen) atoms. The van der Waals surface area contributed by atoms with Crippen LogP contribution in [-0.4, -0.2) is 19.3 Å². The summed E-state index contributed by atoms with van der Waals surface area (Å²) in [5.41, 5.74) is 2.93. The summed E-state index contributed by atoms with van der Waals surface area (Å²) in [6, 6.07) is 4.85. The number of imidazole rings is 1. The van der Waals surface area contributed by atoms with Crippen LogP contribution in [0.25, 0.3) is 16.9 Å². The van der Waals surface area contributed by atoms with Crippen molar-refractivity contribution in [3.63, 3.8) is 0 Å². The van der Waals surface area contributed by atoms with Crippen LogP contribution in [0, 0.1) is 10.6 Å². The van der Waals surface area contributed by atoms with Crippen LogP contribution in [0.1, 0.15) is 12.6 Å². The summed E-state index contributed by atoms with van der Waals surface area (Å²) in [6.45, 7) is 2.02. The Morgan fingerprint density at radius 2 is 2.20 bits per heavy atom. The molecule has 7 heteroatoms. The van der Waals surface area contributed by atoms with Crippen LogP contribution in [0.3, 0.4) is 0 Å². The molecule has 0 bridgehead atoms. The Labute approximate surface area is 128 Å². The number of aromatic amines is 1. The molecular formula is C13H12BrFN4S. The molecule has 3 rings (SSSR count). The van der Waals surface area contributed by atoms with E-state index < -0.39 is 0 Å². The number of fused-ring (bicyclic) bond motifs is 1. The number of aromatic nitrogens is 4. The molecule has 1 N–H and O–H groups in total. The van der Waals surface area contributed by atoms with Crippen LogP contribution in [0.2, 0.25) is 0 Å². The normalized spacial score (nSPS) is 11.4. The SMILES string of the molecule is CCc1nn(C)c2c1[nH]c(=S)n2-c1c(F)cccc1Br. The van der Waals surface area contributed by atoms with E-state index in [4.69, 9.17) is 12.2 Å². The number of nitrogens with one attached hydrogen (secondary N) is 1. The fourth-order valence-electron chi connectivity index (χ4n) is 2.37. The summed E-state index contributed by atoms with van der Waals surface area (Å²) in [5, 5.41) is 4.44. The molecule has 3 aromatic rings. The van der Waals surface area contributed by atoms with Crippen molar-refractivity contribution >= 4 is 39.3 Å². The van der Waals surface area contributed by atoms with Crippen LogP contribution < -0.4 is 0 Å². The zero-order valence-corrected chi connectivity index (χ0v) is 13.3. The van der Waals surface area contributed by atoms with Crippen molar-refractivity contribution in [3.8, 4) is 5.69 Å². The first-order valence-corrected chi connectivity index (χ1v) is 7.35. The summed E-state index contributed by atoms with van der Waals surface area (Å²) in [5.74, 6) is -0.337. The van der Waals surface area contributed by atoms with Gasteiger partial charge in [-0.25, -0.2) is 9.07 Å². The van der Waals surface area contributed by atoms with Crippen molar-refractivity contribution in [2.75, 3.05) is 0 Å². The number of nitrogens with zero attached hydrogens (tertiary/aromatic N) is 3. The number of para-hydroxylation sites is 1. The molecule has 0 aliphatic carbocycles. The lowest BCUT2D eigenvalue weighted by Gasteiger charge is -2.08. The number of benzene rings is 1. The van der Waals surface area contributed by atoms with Gasteiger partial charge < -0.3 is 4.98 Å². The summed E-state index contributed by atoms with van der Waals surface area (Å²) < 4.78 is 18.7. The molecule has 4 nitrogen and oxygen atoms in total. The molecule has 2 heterocycles. The monoisotopic (exact) mass is 354 g/mol. The third-order valence-corrected chi connectivity index (χ3v) is 4.16. The second kappa shape index (κ2) is 4.82. The number of halogens is 2. The molecule has 0 saturated heterocycles. The second-order valence-corrected chi connectivity index (χ2v) is 5.70. The predicted molar refractivity (Wildman–Crippen MR) is 82.3 cm³/mol. The molecule has 0 unspecified atom stereocenters. The number of rotatable bonds is 2. The van der Waals surface area contributed by atoms with Gasteiger partial charge in [-0.05, 0) is 46.7 Å². The van der Waals surface area contributed by atoms with E-state index in [-0.39, 0.29) is 5.82 Å². The quantitative estimate of drug-likeness (QED) is 0.709. The van der Waals surface area contributed by atoms with Gasteiger partial charge in [0.1, 0.15) is 11.3 Å². The van der Waals surface area contributed by atoms with E-state index in [0.29, 0.717) is 14.9 Å². The molecule has 1 aromatic carbocycles. The van der Waals surface area contributed by atoms with Crippen molar-refractivity contribution < 1.29 is 4.39 Å². The Balaban J connectivity index is 2.46. The van der Waals surface area contributed by atoms with Gasteiger partial charge in [-0.1, -0.05) is 13.0 Å². The number of aryl methyl sites for hydroxylation is 2. The van der Waals surface area contributed by atoms with E-state index in [0.717, 1.165) is 23.3 Å². The molecular weight excluding hydrogens is 343 g/mol. The molecule has 0 aliphatic rings. The molecule has 0 saturated carbocycles. The minimum absolute atomic E-state index is 0.337. The fourth-order valence-corrected chi connectivity index (χ4v) is 3.17. The van der Waals surface area contributed by atoms with Crippen molar-refractivity contribution in [3.05, 3.63) is 39.0 Å². The van der Waals surface area contributed by atoms with Crippen molar-refractivity contribution in [1.82, 2.24) is 19.3 Å². The minimum atomic E-state index is -0.337.